The number of carbonyl (C=O) groups excluding carboxylic acids is 1. The predicted octanol–water partition coefficient (Wildman–Crippen LogP) is 2.64. The SMILES string of the molecule is COC(=O)c1cn(S(=O)(=O)c2ccc(C)cc2)c2ccc(C)cc2c1=O. The van der Waals surface area contributed by atoms with Crippen LogP contribution in [0.2, 0.25) is 0 Å². The van der Waals surface area contributed by atoms with Crippen molar-refractivity contribution < 1.29 is 17.9 Å². The summed E-state index contributed by atoms with van der Waals surface area (Å²) in [6.07, 6.45) is 1.03. The summed E-state index contributed by atoms with van der Waals surface area (Å²) in [5, 5.41) is 0.142. The van der Waals surface area contributed by atoms with Crippen LogP contribution < -0.4 is 5.43 Å². The van der Waals surface area contributed by atoms with Gasteiger partial charge in [-0.3, -0.25) is 4.79 Å². The molecule has 0 spiro atoms. The van der Waals surface area contributed by atoms with Gasteiger partial charge in [-0.25, -0.2) is 17.2 Å². The summed E-state index contributed by atoms with van der Waals surface area (Å²) in [5.74, 6) is -0.883. The van der Waals surface area contributed by atoms with Crippen LogP contribution in [-0.2, 0) is 14.8 Å². The van der Waals surface area contributed by atoms with Gasteiger partial charge in [-0.2, -0.15) is 0 Å². The van der Waals surface area contributed by atoms with E-state index in [0.29, 0.717) is 0 Å². The fraction of sp³-hybridized carbons (Fsp3) is 0.158. The summed E-state index contributed by atoms with van der Waals surface area (Å²) in [4.78, 5) is 24.7. The van der Waals surface area contributed by atoms with Crippen LogP contribution >= 0.6 is 0 Å². The number of rotatable bonds is 3. The van der Waals surface area contributed by atoms with E-state index in [9.17, 15) is 18.0 Å². The Hall–Kier alpha value is -2.93. The van der Waals surface area contributed by atoms with Crippen molar-refractivity contribution in [1.29, 1.82) is 0 Å². The smallest absolute Gasteiger partial charge is 0.343 e. The second-order valence-electron chi connectivity index (χ2n) is 6.00. The molecule has 0 radical (unpaired) electrons. The first-order chi connectivity index (χ1) is 12.3. The van der Waals surface area contributed by atoms with Crippen LogP contribution in [0.15, 0.2) is 58.4 Å². The van der Waals surface area contributed by atoms with Crippen molar-refractivity contribution in [3.05, 3.63) is 75.6 Å². The number of fused-ring (bicyclic) bond motifs is 1. The Morgan fingerprint density at radius 3 is 2.23 bits per heavy atom. The number of aromatic nitrogens is 1. The predicted molar refractivity (Wildman–Crippen MR) is 98.0 cm³/mol. The van der Waals surface area contributed by atoms with Gasteiger partial charge in [0.25, 0.3) is 10.0 Å². The third-order valence-corrected chi connectivity index (χ3v) is 5.80. The molecule has 2 aromatic carbocycles. The summed E-state index contributed by atoms with van der Waals surface area (Å²) < 4.78 is 31.9. The van der Waals surface area contributed by atoms with Gasteiger partial charge in [0.2, 0.25) is 5.43 Å². The Morgan fingerprint density at radius 2 is 1.62 bits per heavy atom. The summed E-state index contributed by atoms with van der Waals surface area (Å²) in [6.45, 7) is 3.63. The highest BCUT2D eigenvalue weighted by Crippen LogP contribution is 2.21. The van der Waals surface area contributed by atoms with Gasteiger partial charge in [-0.15, -0.1) is 0 Å². The molecule has 26 heavy (non-hydrogen) atoms. The standard InChI is InChI=1S/C19H17NO5S/c1-12-4-7-14(8-5-12)26(23,24)20-11-16(19(22)25-3)18(21)15-10-13(2)6-9-17(15)20/h4-11H,1-3H3. The number of benzene rings is 2. The molecular weight excluding hydrogens is 354 g/mol. The molecule has 1 aromatic heterocycles. The lowest BCUT2D eigenvalue weighted by molar-refractivity contribution is 0.0599. The van der Waals surface area contributed by atoms with Crippen LogP contribution in [0, 0.1) is 13.8 Å². The van der Waals surface area contributed by atoms with Gasteiger partial charge in [0, 0.05) is 11.6 Å². The van der Waals surface area contributed by atoms with Crippen molar-refractivity contribution in [3.63, 3.8) is 0 Å². The number of methoxy groups -OCH3 is 1. The molecule has 0 aliphatic rings. The first-order valence-corrected chi connectivity index (χ1v) is 9.26. The summed E-state index contributed by atoms with van der Waals surface area (Å²) in [7, 11) is -2.87. The second-order valence-corrected chi connectivity index (χ2v) is 7.81. The van der Waals surface area contributed by atoms with Crippen molar-refractivity contribution >= 4 is 26.9 Å². The molecule has 0 saturated carbocycles. The average molecular weight is 371 g/mol. The number of hydrogen-bond acceptors (Lipinski definition) is 5. The summed E-state index contributed by atoms with van der Waals surface area (Å²) >= 11 is 0. The second kappa shape index (κ2) is 6.42. The molecule has 0 amide bonds. The van der Waals surface area contributed by atoms with Gasteiger partial charge in [0.1, 0.15) is 5.56 Å². The molecule has 0 saturated heterocycles. The number of nitrogens with zero attached hydrogens (tertiary/aromatic N) is 1. The molecule has 0 unspecified atom stereocenters. The highest BCUT2D eigenvalue weighted by molar-refractivity contribution is 7.90. The number of carbonyl (C=O) groups is 1. The number of pyridine rings is 1. The maximum absolute atomic E-state index is 13.1. The molecule has 0 aliphatic heterocycles. The molecular formula is C19H17NO5S. The highest BCUT2D eigenvalue weighted by atomic mass is 32.2. The van der Waals surface area contributed by atoms with E-state index < -0.39 is 21.4 Å². The molecule has 0 bridgehead atoms. The number of hydrogen-bond donors (Lipinski definition) is 0. The van der Waals surface area contributed by atoms with Gasteiger partial charge in [0.05, 0.1) is 17.5 Å². The monoisotopic (exact) mass is 371 g/mol. The molecule has 7 heteroatoms. The minimum absolute atomic E-state index is 0.0597. The quantitative estimate of drug-likeness (QED) is 0.661. The Kier molecular flexibility index (Phi) is 4.41. The molecule has 0 aliphatic carbocycles. The van der Waals surface area contributed by atoms with E-state index in [1.807, 2.05) is 6.92 Å². The van der Waals surface area contributed by atoms with E-state index in [1.165, 1.54) is 12.1 Å². The fourth-order valence-corrected chi connectivity index (χ4v) is 4.06. The molecule has 0 N–H and O–H groups in total. The molecule has 0 fully saturated rings. The summed E-state index contributed by atoms with van der Waals surface area (Å²) in [6, 6.07) is 11.2. The number of ether oxygens (including phenoxy) is 1. The van der Waals surface area contributed by atoms with Crippen LogP contribution in [0.3, 0.4) is 0 Å². The van der Waals surface area contributed by atoms with Crippen LogP contribution in [0.1, 0.15) is 21.5 Å². The normalized spacial score (nSPS) is 11.5. The number of esters is 1. The van der Waals surface area contributed by atoms with Crippen molar-refractivity contribution in [2.24, 2.45) is 0 Å². The summed E-state index contributed by atoms with van der Waals surface area (Å²) in [5.41, 5.74) is 0.997. The maximum Gasteiger partial charge on any atom is 0.343 e. The van der Waals surface area contributed by atoms with Gasteiger partial charge in [-0.1, -0.05) is 29.3 Å². The molecule has 6 nitrogen and oxygen atoms in total. The van der Waals surface area contributed by atoms with Crippen LogP contribution in [-0.4, -0.2) is 25.5 Å². The molecule has 3 rings (SSSR count). The third-order valence-electron chi connectivity index (χ3n) is 4.11. The van der Waals surface area contributed by atoms with E-state index >= 15 is 0 Å². The van der Waals surface area contributed by atoms with Gasteiger partial charge >= 0.3 is 5.97 Å². The Labute approximate surface area is 150 Å². The minimum Gasteiger partial charge on any atom is -0.465 e. The first kappa shape index (κ1) is 17.9. The van der Waals surface area contributed by atoms with Crippen LogP contribution in [0.4, 0.5) is 0 Å². The van der Waals surface area contributed by atoms with Crippen molar-refractivity contribution in [2.75, 3.05) is 7.11 Å². The largest absolute Gasteiger partial charge is 0.465 e. The minimum atomic E-state index is -4.01. The first-order valence-electron chi connectivity index (χ1n) is 7.82. The lowest BCUT2D eigenvalue weighted by Gasteiger charge is -2.14. The van der Waals surface area contributed by atoms with Crippen molar-refractivity contribution in [1.82, 2.24) is 3.97 Å². The molecule has 134 valence electrons. The Bertz CT molecular complexity index is 1180. The molecule has 1 heterocycles. The lowest BCUT2D eigenvalue weighted by atomic mass is 10.1. The van der Waals surface area contributed by atoms with E-state index in [1.54, 1.807) is 37.3 Å². The van der Waals surface area contributed by atoms with Crippen LogP contribution in [0.25, 0.3) is 10.9 Å². The highest BCUT2D eigenvalue weighted by Gasteiger charge is 2.23. The Balaban J connectivity index is 2.41. The van der Waals surface area contributed by atoms with E-state index in [2.05, 4.69) is 4.74 Å². The van der Waals surface area contributed by atoms with Crippen molar-refractivity contribution in [3.8, 4) is 0 Å². The zero-order valence-electron chi connectivity index (χ0n) is 14.5. The fourth-order valence-electron chi connectivity index (χ4n) is 2.69. The maximum atomic E-state index is 13.1. The molecule has 3 aromatic rings. The zero-order chi connectivity index (χ0) is 19.1. The van der Waals surface area contributed by atoms with Gasteiger partial charge < -0.3 is 4.74 Å². The number of aryl methyl sites for hydroxylation is 2. The van der Waals surface area contributed by atoms with Gasteiger partial charge in [0.15, 0.2) is 0 Å². The van der Waals surface area contributed by atoms with E-state index in [0.717, 1.165) is 28.4 Å². The van der Waals surface area contributed by atoms with Crippen molar-refractivity contribution in [2.45, 2.75) is 18.7 Å². The van der Waals surface area contributed by atoms with E-state index in [-0.39, 0.29) is 21.4 Å². The zero-order valence-corrected chi connectivity index (χ0v) is 15.3. The average Bonchev–Trinajstić information content (AvgIpc) is 2.62. The van der Waals surface area contributed by atoms with E-state index in [4.69, 9.17) is 0 Å². The lowest BCUT2D eigenvalue weighted by Crippen LogP contribution is -2.23. The Morgan fingerprint density at radius 1 is 1.00 bits per heavy atom. The van der Waals surface area contributed by atoms with Gasteiger partial charge in [-0.05, 0) is 38.1 Å². The third kappa shape index (κ3) is 2.90. The van der Waals surface area contributed by atoms with Crippen LogP contribution in [0.5, 0.6) is 0 Å². The molecule has 0 atom stereocenters. The topological polar surface area (TPSA) is 82.4 Å².